The number of phosphoric acid groups is 2. The Hall–Kier alpha value is -4.12. The van der Waals surface area contributed by atoms with Gasteiger partial charge < -0.3 is 15.6 Å². The lowest BCUT2D eigenvalue weighted by Crippen LogP contribution is -2.37. The smallest absolute Gasteiger partial charge is 0.454 e. The minimum atomic E-state index is -4.19. The standard InChI is InChI=1S/C32H38FN2O8PS.C17H29FN3O6PS/c1-31(2,3)42-44(39,43-32(4,5)6)40-20-25-27(41-29(37)22-15-11-8-12-16-22)26(33)28(45-25)35-18-17-23(34-30(35)38)19-24(36)21-13-9-7-10-14-21;1-16(2,3)26-28(24,27-17(4,5)6)25-9-10-13(22)12(18)14(29-10)21-8-7-11(19)20-15(21)23/h7-18,25-28H,19-20H2,1-6H3;7-8,10,12-14,22H,9H2,1-6H3,(H2,19,20,23)/t25-,26+,27-,28-;10-,12+,13-,14-/m11/s1. The van der Waals surface area contributed by atoms with Gasteiger partial charge in [0, 0.05) is 18.0 Å². The topological polar surface area (TPSA) is 249 Å². The second-order valence-electron chi connectivity index (χ2n) is 21.2. The number of esters is 1. The lowest BCUT2D eigenvalue weighted by Gasteiger charge is -2.31. The van der Waals surface area contributed by atoms with Gasteiger partial charge in [-0.2, -0.15) is 9.97 Å². The number of Topliss-reactive ketones (excluding diaryl/α,β-unsaturated/α-hetero) is 1. The van der Waals surface area contributed by atoms with Crippen LogP contribution in [0.1, 0.15) is 120 Å². The van der Waals surface area contributed by atoms with Crippen molar-refractivity contribution in [2.75, 3.05) is 18.9 Å². The monoisotopic (exact) mass is 1110 g/mol. The number of aliphatic hydroxyl groups excluding tert-OH is 1. The number of hydrogen-bond acceptors (Lipinski definition) is 19. The summed E-state index contributed by atoms with van der Waals surface area (Å²) in [7, 11) is -8.20. The number of carbonyl (C=O) groups is 2. The van der Waals surface area contributed by atoms with E-state index in [9.17, 15) is 37.8 Å². The highest BCUT2D eigenvalue weighted by Crippen LogP contribution is 2.58. The predicted octanol–water partition coefficient (Wildman–Crippen LogP) is 9.49. The predicted molar refractivity (Wildman–Crippen MR) is 279 cm³/mol. The van der Waals surface area contributed by atoms with Crippen molar-refractivity contribution in [1.29, 1.82) is 0 Å². The Morgan fingerprint density at radius 2 is 1.05 bits per heavy atom. The van der Waals surface area contributed by atoms with Crippen LogP contribution in [0.5, 0.6) is 0 Å². The molecule has 0 amide bonds. The Kier molecular flexibility index (Phi) is 20.1. The van der Waals surface area contributed by atoms with Gasteiger partial charge in [-0.25, -0.2) is 32.3 Å². The first kappa shape index (κ1) is 60.7. The van der Waals surface area contributed by atoms with Crippen LogP contribution in [0.4, 0.5) is 14.6 Å². The molecule has 19 nitrogen and oxygen atoms in total. The number of ether oxygens (including phenoxy) is 1. The van der Waals surface area contributed by atoms with Crippen molar-refractivity contribution in [3.8, 4) is 0 Å². The molecule has 2 aromatic carbocycles. The Balaban J connectivity index is 0.000000302. The number of thioether (sulfide) groups is 2. The number of ketones is 1. The number of hydrogen-bond donors (Lipinski definition) is 2. The fraction of sp³-hybridized carbons (Fsp3) is 0.551. The number of nitrogens with zero attached hydrogens (tertiary/aromatic N) is 4. The van der Waals surface area contributed by atoms with Crippen molar-refractivity contribution in [3.63, 3.8) is 0 Å². The Bertz CT molecular complexity index is 2730. The van der Waals surface area contributed by atoms with Gasteiger partial charge in [0.05, 0.1) is 63.8 Å². The van der Waals surface area contributed by atoms with Crippen LogP contribution < -0.4 is 17.1 Å². The molecule has 8 atom stereocenters. The van der Waals surface area contributed by atoms with E-state index in [2.05, 4.69) is 9.97 Å². The van der Waals surface area contributed by atoms with Gasteiger partial charge in [-0.1, -0.05) is 48.5 Å². The minimum Gasteiger partial charge on any atom is -0.454 e. The molecule has 2 aliphatic rings. The number of phosphoric ester groups is 2. The van der Waals surface area contributed by atoms with Crippen LogP contribution in [0.2, 0.25) is 0 Å². The summed E-state index contributed by atoms with van der Waals surface area (Å²) < 4.78 is 99.1. The molecule has 408 valence electrons. The van der Waals surface area contributed by atoms with Gasteiger partial charge in [0.15, 0.2) is 24.2 Å². The SMILES string of the molecule is CC(C)(C)OP(=O)(OC[C@H]1S[C@@H](n2ccc(CC(=O)c3ccccc3)nc2=O)[C@@H](F)[C@@H]1OC(=O)c1ccccc1)OC(C)(C)C.CC(C)(C)OP(=O)(OC[C@H]1S[C@@H](n2ccc(N)nc2=O)[C@@H](F)[C@@H]1O)OC(C)(C)C. The maximum absolute atomic E-state index is 16.2. The van der Waals surface area contributed by atoms with E-state index in [1.165, 1.54) is 36.7 Å². The third kappa shape index (κ3) is 18.0. The molecule has 0 bridgehead atoms. The second kappa shape index (κ2) is 24.5. The van der Waals surface area contributed by atoms with Gasteiger partial charge in [0.25, 0.3) is 0 Å². The van der Waals surface area contributed by atoms with Gasteiger partial charge in [-0.3, -0.25) is 41.1 Å². The molecule has 6 rings (SSSR count). The molecule has 0 saturated carbocycles. The number of alkyl halides is 2. The normalized spacial score (nSPS) is 22.7. The lowest BCUT2D eigenvalue weighted by molar-refractivity contribution is -0.0114. The number of carbonyl (C=O) groups excluding carboxylic acids is 2. The molecule has 4 aromatic rings. The highest BCUT2D eigenvalue weighted by Gasteiger charge is 2.51. The van der Waals surface area contributed by atoms with Gasteiger partial charge in [0.1, 0.15) is 22.7 Å². The summed E-state index contributed by atoms with van der Waals surface area (Å²) in [5, 5.41) is 6.38. The fourth-order valence-electron chi connectivity index (χ4n) is 7.09. The average molecular weight is 1110 g/mol. The molecular formula is C49H67F2N5O14P2S2. The van der Waals surface area contributed by atoms with Gasteiger partial charge >= 0.3 is 33.0 Å². The third-order valence-electron chi connectivity index (χ3n) is 9.87. The summed E-state index contributed by atoms with van der Waals surface area (Å²) in [6.07, 6.45) is -3.91. The molecule has 0 unspecified atom stereocenters. The third-order valence-corrected chi connectivity index (χ3v) is 16.9. The highest BCUT2D eigenvalue weighted by atomic mass is 32.2. The van der Waals surface area contributed by atoms with Crippen molar-refractivity contribution in [2.24, 2.45) is 0 Å². The number of aromatic nitrogens is 4. The zero-order valence-corrected chi connectivity index (χ0v) is 46.8. The second-order valence-corrected chi connectivity index (χ2v) is 26.9. The highest BCUT2D eigenvalue weighted by molar-refractivity contribution is 8.00. The summed E-state index contributed by atoms with van der Waals surface area (Å²) >= 11 is 1.95. The molecule has 3 N–H and O–H groups in total. The summed E-state index contributed by atoms with van der Waals surface area (Å²) in [4.78, 5) is 58.3. The van der Waals surface area contributed by atoms with Crippen molar-refractivity contribution in [1.82, 2.24) is 19.1 Å². The molecule has 2 aliphatic heterocycles. The lowest BCUT2D eigenvalue weighted by atomic mass is 10.1. The largest absolute Gasteiger partial charge is 0.475 e. The average Bonchev–Trinajstić information content (AvgIpc) is 3.72. The van der Waals surface area contributed by atoms with E-state index in [4.69, 9.17) is 37.6 Å². The molecule has 74 heavy (non-hydrogen) atoms. The first-order valence-corrected chi connectivity index (χ1v) is 28.3. The zero-order valence-electron chi connectivity index (χ0n) is 43.4. The van der Waals surface area contributed by atoms with Crippen LogP contribution in [-0.4, -0.2) is 107 Å². The molecule has 2 aromatic heterocycles. The molecule has 0 aliphatic carbocycles. The van der Waals surface area contributed by atoms with E-state index < -0.39 is 101 Å². The molecule has 25 heteroatoms. The van der Waals surface area contributed by atoms with Crippen LogP contribution >= 0.6 is 39.2 Å². The van der Waals surface area contributed by atoms with Crippen LogP contribution in [0.15, 0.2) is 94.8 Å². The van der Waals surface area contributed by atoms with Crippen LogP contribution in [-0.2, 0) is 47.4 Å². The summed E-state index contributed by atoms with van der Waals surface area (Å²) in [5.41, 5.74) is 1.42. The van der Waals surface area contributed by atoms with Gasteiger partial charge in [-0.05, 0) is 107 Å². The Labute approximate surface area is 438 Å². The van der Waals surface area contributed by atoms with Crippen LogP contribution in [0.3, 0.4) is 0 Å². The molecule has 0 radical (unpaired) electrons. The number of anilines is 1. The number of aliphatic hydroxyl groups is 1. The first-order chi connectivity index (χ1) is 34.1. The number of benzene rings is 2. The van der Waals surface area contributed by atoms with Crippen molar-refractivity contribution in [3.05, 3.63) is 123 Å². The quantitative estimate of drug-likeness (QED) is 0.0567. The number of rotatable bonds is 17. The zero-order chi connectivity index (χ0) is 55.2. The van der Waals surface area contributed by atoms with Crippen LogP contribution in [0.25, 0.3) is 0 Å². The maximum Gasteiger partial charge on any atom is 0.475 e. The molecule has 2 fully saturated rings. The van der Waals surface area contributed by atoms with Crippen molar-refractivity contribution in [2.45, 2.75) is 158 Å². The van der Waals surface area contributed by atoms with E-state index in [1.54, 1.807) is 132 Å². The van der Waals surface area contributed by atoms with E-state index in [0.717, 1.165) is 32.7 Å². The van der Waals surface area contributed by atoms with Crippen LogP contribution in [0, 0.1) is 0 Å². The number of nitrogen functional groups attached to an aromatic ring is 1. The summed E-state index contributed by atoms with van der Waals surface area (Å²) in [6, 6.07) is 19.5. The van der Waals surface area contributed by atoms with E-state index in [-0.39, 0.29) is 42.5 Å². The minimum absolute atomic E-state index is 0.0182. The summed E-state index contributed by atoms with van der Waals surface area (Å²) in [6.45, 7) is 19.6. The Morgan fingerprint density at radius 3 is 1.51 bits per heavy atom. The van der Waals surface area contributed by atoms with E-state index >= 15 is 4.39 Å². The number of nitrogens with two attached hydrogens (primary N) is 1. The molecule has 0 spiro atoms. The van der Waals surface area contributed by atoms with Crippen molar-refractivity contribution >= 4 is 56.7 Å². The molecular weight excluding hydrogens is 1050 g/mol. The summed E-state index contributed by atoms with van der Waals surface area (Å²) in [5.74, 6) is -0.970. The number of halogens is 2. The van der Waals surface area contributed by atoms with Crippen molar-refractivity contribution < 1.29 is 64.5 Å². The molecule has 2 saturated heterocycles. The van der Waals surface area contributed by atoms with Gasteiger partial charge in [0.2, 0.25) is 0 Å². The van der Waals surface area contributed by atoms with Gasteiger partial charge in [-0.15, -0.1) is 23.5 Å². The maximum atomic E-state index is 16.2. The first-order valence-electron chi connectivity index (χ1n) is 23.5. The Morgan fingerprint density at radius 1 is 0.635 bits per heavy atom. The van der Waals surface area contributed by atoms with E-state index in [1.807, 2.05) is 0 Å². The fourth-order valence-corrected chi connectivity index (χ4v) is 13.8. The molecule has 4 heterocycles. The van der Waals surface area contributed by atoms with E-state index in [0.29, 0.717) is 5.56 Å².